The molecule has 0 radical (unpaired) electrons. The fourth-order valence-corrected chi connectivity index (χ4v) is 4.09. The van der Waals surface area contributed by atoms with Gasteiger partial charge in [-0.3, -0.25) is 4.79 Å². The van der Waals surface area contributed by atoms with Gasteiger partial charge in [-0.2, -0.15) is 0 Å². The van der Waals surface area contributed by atoms with Crippen LogP contribution < -0.4 is 10.6 Å². The summed E-state index contributed by atoms with van der Waals surface area (Å²) >= 11 is 1.66. The van der Waals surface area contributed by atoms with E-state index in [2.05, 4.69) is 15.6 Å². The molecule has 0 saturated carbocycles. The largest absolute Gasteiger partial charge is 0.342 e. The van der Waals surface area contributed by atoms with E-state index in [4.69, 9.17) is 0 Å². The summed E-state index contributed by atoms with van der Waals surface area (Å²) in [5.74, 6) is 0.996. The number of carbonyl (C=O) groups excluding carboxylic acids is 2. The van der Waals surface area contributed by atoms with E-state index in [0.29, 0.717) is 13.1 Å². The molecule has 1 fully saturated rings. The molecule has 3 amide bonds. The Morgan fingerprint density at radius 3 is 2.66 bits per heavy atom. The monoisotopic (exact) mass is 412 g/mol. The number of nitrogens with one attached hydrogen (secondary N) is 2. The number of piperidine rings is 1. The van der Waals surface area contributed by atoms with Gasteiger partial charge in [0.05, 0.1) is 5.03 Å². The van der Waals surface area contributed by atoms with Crippen LogP contribution in [0.3, 0.4) is 0 Å². The van der Waals surface area contributed by atoms with Crippen molar-refractivity contribution in [1.29, 1.82) is 0 Å². The van der Waals surface area contributed by atoms with Gasteiger partial charge < -0.3 is 15.5 Å². The van der Waals surface area contributed by atoms with Gasteiger partial charge >= 0.3 is 6.03 Å². The molecular weight excluding hydrogens is 384 g/mol. The van der Waals surface area contributed by atoms with E-state index in [1.54, 1.807) is 18.0 Å². The minimum absolute atomic E-state index is 0.0194. The molecule has 154 valence electrons. The topological polar surface area (TPSA) is 74.3 Å². The van der Waals surface area contributed by atoms with Crippen LogP contribution in [0.25, 0.3) is 0 Å². The number of nitrogens with zero attached hydrogens (tertiary/aromatic N) is 2. The number of carbonyl (C=O) groups is 2. The summed E-state index contributed by atoms with van der Waals surface area (Å²) in [6, 6.07) is 13.6. The van der Waals surface area contributed by atoms with E-state index < -0.39 is 0 Å². The van der Waals surface area contributed by atoms with Crippen LogP contribution in [-0.2, 0) is 10.5 Å². The predicted molar refractivity (Wildman–Crippen MR) is 117 cm³/mol. The molecule has 0 bridgehead atoms. The van der Waals surface area contributed by atoms with Crippen molar-refractivity contribution in [2.24, 2.45) is 5.92 Å². The normalized spacial score (nSPS) is 14.7. The third-order valence-corrected chi connectivity index (χ3v) is 5.86. The molecule has 1 saturated heterocycles. The van der Waals surface area contributed by atoms with Crippen LogP contribution in [0.15, 0.2) is 53.7 Å². The Bertz CT molecular complexity index is 821. The van der Waals surface area contributed by atoms with Crippen molar-refractivity contribution in [2.75, 3.05) is 18.4 Å². The van der Waals surface area contributed by atoms with Crippen molar-refractivity contribution in [3.8, 4) is 0 Å². The van der Waals surface area contributed by atoms with E-state index in [0.717, 1.165) is 34.9 Å². The van der Waals surface area contributed by atoms with E-state index >= 15 is 0 Å². The Morgan fingerprint density at radius 1 is 1.17 bits per heavy atom. The van der Waals surface area contributed by atoms with Gasteiger partial charge in [0.2, 0.25) is 5.91 Å². The van der Waals surface area contributed by atoms with Gasteiger partial charge in [-0.1, -0.05) is 32.0 Å². The Kier molecular flexibility index (Phi) is 7.52. The molecule has 0 spiro atoms. The molecule has 29 heavy (non-hydrogen) atoms. The highest BCUT2D eigenvalue weighted by Crippen LogP contribution is 2.22. The molecule has 1 aliphatic rings. The quantitative estimate of drug-likeness (QED) is 0.699. The molecule has 0 aliphatic carbocycles. The SMILES string of the molecule is CC(C)C(=O)N1CCC(NC(=O)Nc2cccc(CSc3ccccn3)c2)CC1. The van der Waals surface area contributed by atoms with E-state index in [1.807, 2.05) is 61.2 Å². The van der Waals surface area contributed by atoms with Crippen LogP contribution in [0.4, 0.5) is 10.5 Å². The number of hydrogen-bond donors (Lipinski definition) is 2. The standard InChI is InChI=1S/C22H28N4O2S/c1-16(2)21(27)26-12-9-18(10-13-26)24-22(28)25-19-7-5-6-17(14-19)15-29-20-8-3-4-11-23-20/h3-8,11,14,16,18H,9-10,12-13,15H2,1-2H3,(H2,24,25,28). The zero-order valence-electron chi connectivity index (χ0n) is 16.9. The number of aromatic nitrogens is 1. The van der Waals surface area contributed by atoms with Gasteiger partial charge in [0.15, 0.2) is 0 Å². The third kappa shape index (κ3) is 6.49. The second-order valence-corrected chi connectivity index (χ2v) is 8.51. The summed E-state index contributed by atoms with van der Waals surface area (Å²) in [5, 5.41) is 6.93. The van der Waals surface area contributed by atoms with Crippen LogP contribution >= 0.6 is 11.8 Å². The van der Waals surface area contributed by atoms with Gasteiger partial charge in [0.1, 0.15) is 0 Å². The highest BCUT2D eigenvalue weighted by Gasteiger charge is 2.25. The minimum atomic E-state index is -0.201. The van der Waals surface area contributed by atoms with E-state index in [-0.39, 0.29) is 23.9 Å². The molecule has 2 N–H and O–H groups in total. The summed E-state index contributed by atoms with van der Waals surface area (Å²) in [6.07, 6.45) is 3.35. The number of benzene rings is 1. The Morgan fingerprint density at radius 2 is 1.97 bits per heavy atom. The average Bonchev–Trinajstić information content (AvgIpc) is 2.73. The molecule has 1 aliphatic heterocycles. The van der Waals surface area contributed by atoms with Crippen molar-refractivity contribution >= 4 is 29.4 Å². The highest BCUT2D eigenvalue weighted by molar-refractivity contribution is 7.98. The molecule has 2 heterocycles. The Labute approximate surface area is 176 Å². The number of pyridine rings is 1. The van der Waals surface area contributed by atoms with Crippen molar-refractivity contribution in [2.45, 2.75) is 43.5 Å². The lowest BCUT2D eigenvalue weighted by atomic mass is 10.0. The first-order valence-electron chi connectivity index (χ1n) is 10.0. The number of likely N-dealkylation sites (tertiary alicyclic amines) is 1. The molecule has 0 unspecified atom stereocenters. The first kappa shape index (κ1) is 21.2. The van der Waals surface area contributed by atoms with Crippen molar-refractivity contribution in [3.63, 3.8) is 0 Å². The molecular formula is C22H28N4O2S. The van der Waals surface area contributed by atoms with Gasteiger partial charge in [-0.25, -0.2) is 9.78 Å². The maximum atomic E-state index is 12.4. The Balaban J connectivity index is 1.45. The second-order valence-electron chi connectivity index (χ2n) is 7.51. The number of anilines is 1. The van der Waals surface area contributed by atoms with Crippen LogP contribution in [0.1, 0.15) is 32.3 Å². The van der Waals surface area contributed by atoms with Crippen molar-refractivity contribution in [3.05, 3.63) is 54.2 Å². The summed E-state index contributed by atoms with van der Waals surface area (Å²) < 4.78 is 0. The van der Waals surface area contributed by atoms with Crippen molar-refractivity contribution < 1.29 is 9.59 Å². The van der Waals surface area contributed by atoms with Crippen LogP contribution in [0.5, 0.6) is 0 Å². The molecule has 1 aromatic heterocycles. The molecule has 3 rings (SSSR count). The summed E-state index contributed by atoms with van der Waals surface area (Å²) in [7, 11) is 0. The molecule has 6 nitrogen and oxygen atoms in total. The zero-order chi connectivity index (χ0) is 20.6. The fraction of sp³-hybridized carbons (Fsp3) is 0.409. The maximum Gasteiger partial charge on any atom is 0.319 e. The van der Waals surface area contributed by atoms with Crippen LogP contribution in [-0.4, -0.2) is 41.0 Å². The van der Waals surface area contributed by atoms with Crippen LogP contribution in [0.2, 0.25) is 0 Å². The van der Waals surface area contributed by atoms with Gasteiger partial charge in [-0.15, -0.1) is 11.8 Å². The maximum absolute atomic E-state index is 12.4. The average molecular weight is 413 g/mol. The molecule has 2 aromatic rings. The van der Waals surface area contributed by atoms with E-state index in [1.165, 1.54) is 0 Å². The lowest BCUT2D eigenvalue weighted by Crippen LogP contribution is -2.48. The zero-order valence-corrected chi connectivity index (χ0v) is 17.7. The summed E-state index contributed by atoms with van der Waals surface area (Å²) in [6.45, 7) is 5.23. The lowest BCUT2D eigenvalue weighted by Gasteiger charge is -2.33. The lowest BCUT2D eigenvalue weighted by molar-refractivity contribution is -0.135. The number of rotatable bonds is 6. The Hall–Kier alpha value is -2.54. The second kappa shape index (κ2) is 10.3. The fourth-order valence-electron chi connectivity index (χ4n) is 3.29. The summed E-state index contributed by atoms with van der Waals surface area (Å²) in [5.41, 5.74) is 1.90. The number of urea groups is 1. The predicted octanol–water partition coefficient (Wildman–Crippen LogP) is 4.14. The number of amides is 3. The van der Waals surface area contributed by atoms with E-state index in [9.17, 15) is 9.59 Å². The van der Waals surface area contributed by atoms with Gasteiger partial charge in [-0.05, 0) is 42.7 Å². The number of hydrogen-bond acceptors (Lipinski definition) is 4. The summed E-state index contributed by atoms with van der Waals surface area (Å²) in [4.78, 5) is 30.6. The molecule has 0 atom stereocenters. The van der Waals surface area contributed by atoms with Crippen molar-refractivity contribution in [1.82, 2.24) is 15.2 Å². The van der Waals surface area contributed by atoms with Crippen LogP contribution in [0, 0.1) is 5.92 Å². The van der Waals surface area contributed by atoms with Gasteiger partial charge in [0, 0.05) is 42.7 Å². The third-order valence-electron chi connectivity index (χ3n) is 4.85. The molecule has 1 aromatic carbocycles. The first-order valence-corrected chi connectivity index (χ1v) is 11.0. The highest BCUT2D eigenvalue weighted by atomic mass is 32.2. The smallest absolute Gasteiger partial charge is 0.319 e. The first-order chi connectivity index (χ1) is 14.0. The number of thioether (sulfide) groups is 1. The molecule has 7 heteroatoms. The minimum Gasteiger partial charge on any atom is -0.342 e. The van der Waals surface area contributed by atoms with Gasteiger partial charge in [0.25, 0.3) is 0 Å².